The second-order valence-electron chi connectivity index (χ2n) is 5.26. The quantitative estimate of drug-likeness (QED) is 0.818. The van der Waals surface area contributed by atoms with Crippen LogP contribution in [0.15, 0.2) is 48.5 Å². The second kappa shape index (κ2) is 8.56. The van der Waals surface area contributed by atoms with Gasteiger partial charge in [-0.25, -0.2) is 0 Å². The molecular formula is C18H22ClN2O2+. The maximum absolute atomic E-state index is 12.0. The van der Waals surface area contributed by atoms with Crippen LogP contribution >= 0.6 is 11.6 Å². The molecule has 0 spiro atoms. The lowest BCUT2D eigenvalue weighted by Crippen LogP contribution is -2.86. The summed E-state index contributed by atoms with van der Waals surface area (Å²) < 4.78 is 5.37. The Kier molecular flexibility index (Phi) is 6.44. The Morgan fingerprint density at radius 2 is 1.91 bits per heavy atom. The minimum absolute atomic E-state index is 0.0481. The van der Waals surface area contributed by atoms with Crippen LogP contribution in [0.3, 0.4) is 0 Å². The topological polar surface area (TPSA) is 54.9 Å². The van der Waals surface area contributed by atoms with E-state index in [4.69, 9.17) is 16.3 Å². The molecule has 2 rings (SSSR count). The fourth-order valence-electron chi connectivity index (χ4n) is 2.27. The van der Waals surface area contributed by atoms with Gasteiger partial charge in [0.05, 0.1) is 6.61 Å². The zero-order valence-electron chi connectivity index (χ0n) is 13.4. The van der Waals surface area contributed by atoms with Crippen LogP contribution in [-0.2, 0) is 4.79 Å². The number of nitrogens with one attached hydrogen (secondary N) is 1. The lowest BCUT2D eigenvalue weighted by atomic mass is 10.1. The average molecular weight is 334 g/mol. The third-order valence-corrected chi connectivity index (χ3v) is 3.85. The molecule has 0 saturated carbocycles. The van der Waals surface area contributed by atoms with Crippen molar-refractivity contribution in [3.8, 4) is 5.75 Å². The van der Waals surface area contributed by atoms with Gasteiger partial charge in [-0.05, 0) is 44.2 Å². The first-order valence-electron chi connectivity index (χ1n) is 7.70. The van der Waals surface area contributed by atoms with E-state index in [-0.39, 0.29) is 11.9 Å². The van der Waals surface area contributed by atoms with E-state index in [2.05, 4.69) is 5.32 Å². The number of rotatable bonds is 7. The lowest BCUT2D eigenvalue weighted by Gasteiger charge is -2.12. The zero-order valence-corrected chi connectivity index (χ0v) is 14.1. The van der Waals surface area contributed by atoms with Crippen LogP contribution in [0, 0.1) is 0 Å². The molecule has 2 aromatic rings. The largest absolute Gasteiger partial charge is 0.494 e. The summed E-state index contributed by atoms with van der Waals surface area (Å²) in [6.07, 6.45) is 0. The highest BCUT2D eigenvalue weighted by Gasteiger charge is 2.14. The molecule has 0 aliphatic heterocycles. The Labute approximate surface area is 141 Å². The third kappa shape index (κ3) is 5.27. The molecule has 1 amide bonds. The fraction of sp³-hybridized carbons (Fsp3) is 0.278. The molecule has 1 atom stereocenters. The fourth-order valence-corrected chi connectivity index (χ4v) is 2.58. The monoisotopic (exact) mass is 333 g/mol. The van der Waals surface area contributed by atoms with Crippen molar-refractivity contribution in [3.63, 3.8) is 0 Å². The van der Waals surface area contributed by atoms with E-state index in [0.29, 0.717) is 13.2 Å². The molecule has 122 valence electrons. The van der Waals surface area contributed by atoms with E-state index in [1.165, 1.54) is 0 Å². The molecule has 23 heavy (non-hydrogen) atoms. The minimum atomic E-state index is -0.0481. The number of amides is 1. The Bertz CT molecular complexity index is 644. The summed E-state index contributed by atoms with van der Waals surface area (Å²) in [5.41, 5.74) is 1.79. The molecule has 0 aromatic heterocycles. The molecule has 3 N–H and O–H groups in total. The van der Waals surface area contributed by atoms with Crippen molar-refractivity contribution in [1.29, 1.82) is 0 Å². The van der Waals surface area contributed by atoms with Crippen LogP contribution in [0.5, 0.6) is 5.75 Å². The summed E-state index contributed by atoms with van der Waals surface area (Å²) in [5.74, 6) is 0.748. The predicted octanol–water partition coefficient (Wildman–Crippen LogP) is 3.00. The van der Waals surface area contributed by atoms with Crippen LogP contribution in [0.4, 0.5) is 5.69 Å². The summed E-state index contributed by atoms with van der Waals surface area (Å²) in [6, 6.07) is 15.2. The average Bonchev–Trinajstić information content (AvgIpc) is 2.55. The molecule has 0 aliphatic rings. The Morgan fingerprint density at radius 3 is 2.57 bits per heavy atom. The number of halogens is 1. The maximum atomic E-state index is 12.0. The summed E-state index contributed by atoms with van der Waals surface area (Å²) >= 11 is 6.17. The molecule has 0 fully saturated rings. The number of hydrogen-bond acceptors (Lipinski definition) is 2. The van der Waals surface area contributed by atoms with E-state index in [1.807, 2.05) is 67.7 Å². The number of hydrogen-bond donors (Lipinski definition) is 2. The Hall–Kier alpha value is -2.04. The van der Waals surface area contributed by atoms with Crippen LogP contribution < -0.4 is 15.4 Å². The molecule has 4 nitrogen and oxygen atoms in total. The molecular weight excluding hydrogens is 312 g/mol. The van der Waals surface area contributed by atoms with E-state index in [1.54, 1.807) is 0 Å². The van der Waals surface area contributed by atoms with Gasteiger partial charge >= 0.3 is 0 Å². The second-order valence-corrected chi connectivity index (χ2v) is 5.66. The van der Waals surface area contributed by atoms with E-state index < -0.39 is 0 Å². The van der Waals surface area contributed by atoms with Crippen LogP contribution in [0.2, 0.25) is 5.02 Å². The first-order chi connectivity index (χ1) is 11.1. The highest BCUT2D eigenvalue weighted by Crippen LogP contribution is 2.19. The van der Waals surface area contributed by atoms with Crippen molar-refractivity contribution >= 4 is 23.2 Å². The summed E-state index contributed by atoms with van der Waals surface area (Å²) in [7, 11) is 0. The highest BCUT2D eigenvalue weighted by molar-refractivity contribution is 6.31. The van der Waals surface area contributed by atoms with Gasteiger partial charge in [-0.1, -0.05) is 29.8 Å². The molecule has 5 heteroatoms. The third-order valence-electron chi connectivity index (χ3n) is 3.50. The molecule has 2 aromatic carbocycles. The summed E-state index contributed by atoms with van der Waals surface area (Å²) in [5, 5.41) is 5.56. The number of nitrogens with two attached hydrogens (primary N) is 1. The molecule has 0 radical (unpaired) electrons. The zero-order chi connectivity index (χ0) is 16.7. The molecule has 0 saturated heterocycles. The lowest BCUT2D eigenvalue weighted by molar-refractivity contribution is -0.682. The van der Waals surface area contributed by atoms with Gasteiger partial charge in [-0.3, -0.25) is 4.79 Å². The normalized spacial score (nSPS) is 11.8. The number of anilines is 1. The van der Waals surface area contributed by atoms with Crippen molar-refractivity contribution in [1.82, 2.24) is 0 Å². The molecule has 0 unspecified atom stereocenters. The predicted molar refractivity (Wildman–Crippen MR) is 92.9 cm³/mol. The van der Waals surface area contributed by atoms with Crippen molar-refractivity contribution in [2.45, 2.75) is 19.9 Å². The Morgan fingerprint density at radius 1 is 1.22 bits per heavy atom. The van der Waals surface area contributed by atoms with Crippen molar-refractivity contribution < 1.29 is 14.8 Å². The van der Waals surface area contributed by atoms with E-state index >= 15 is 0 Å². The van der Waals surface area contributed by atoms with Crippen LogP contribution in [0.1, 0.15) is 25.5 Å². The first kappa shape index (κ1) is 17.3. The van der Waals surface area contributed by atoms with Gasteiger partial charge in [0.25, 0.3) is 5.91 Å². The molecule has 0 heterocycles. The molecule has 0 aliphatic carbocycles. The van der Waals surface area contributed by atoms with Gasteiger partial charge in [-0.2, -0.15) is 0 Å². The summed E-state index contributed by atoms with van der Waals surface area (Å²) in [6.45, 7) is 4.93. The van der Waals surface area contributed by atoms with E-state index in [9.17, 15) is 4.79 Å². The standard InChI is InChI=1S/C18H21ClN2O2/c1-3-23-15-10-8-14(9-11-15)21-18(22)12-20-13(2)16-6-4-5-7-17(16)19/h4-11,13,20H,3,12H2,1-2H3,(H,21,22)/p+1/t13-/m1/s1. The van der Waals surface area contributed by atoms with E-state index in [0.717, 1.165) is 22.0 Å². The first-order valence-corrected chi connectivity index (χ1v) is 8.08. The number of quaternary nitrogens is 1. The van der Waals surface area contributed by atoms with Crippen LogP contribution in [-0.4, -0.2) is 19.1 Å². The van der Waals surface area contributed by atoms with Crippen molar-refractivity contribution in [2.75, 3.05) is 18.5 Å². The van der Waals surface area contributed by atoms with Crippen LogP contribution in [0.25, 0.3) is 0 Å². The van der Waals surface area contributed by atoms with Gasteiger partial charge in [0, 0.05) is 16.3 Å². The van der Waals surface area contributed by atoms with Crippen molar-refractivity contribution in [3.05, 3.63) is 59.1 Å². The highest BCUT2D eigenvalue weighted by atomic mass is 35.5. The summed E-state index contributed by atoms with van der Waals surface area (Å²) in [4.78, 5) is 12.0. The maximum Gasteiger partial charge on any atom is 0.279 e. The number of carbonyl (C=O) groups excluding carboxylic acids is 1. The Balaban J connectivity index is 1.84. The van der Waals surface area contributed by atoms with Gasteiger partial charge in [0.2, 0.25) is 0 Å². The number of ether oxygens (including phenoxy) is 1. The van der Waals surface area contributed by atoms with Gasteiger partial charge in [0.1, 0.15) is 11.8 Å². The van der Waals surface area contributed by atoms with Crippen molar-refractivity contribution in [2.24, 2.45) is 0 Å². The minimum Gasteiger partial charge on any atom is -0.494 e. The van der Waals surface area contributed by atoms with Gasteiger partial charge < -0.3 is 15.4 Å². The SMILES string of the molecule is CCOc1ccc(NC(=O)C[NH2+][C@H](C)c2ccccc2Cl)cc1. The van der Waals surface area contributed by atoms with Gasteiger partial charge in [0.15, 0.2) is 6.54 Å². The number of benzene rings is 2. The molecule has 0 bridgehead atoms. The smallest absolute Gasteiger partial charge is 0.279 e. The van der Waals surface area contributed by atoms with Gasteiger partial charge in [-0.15, -0.1) is 0 Å². The number of carbonyl (C=O) groups is 1.